The maximum atomic E-state index is 11.3. The van der Waals surface area contributed by atoms with Gasteiger partial charge in [0.2, 0.25) is 5.91 Å². The largest absolute Gasteiger partial charge is 0.477 e. The minimum atomic E-state index is -1.20. The smallest absolute Gasteiger partial charge is 0.351 e. The molecule has 3 N–H and O–H groups in total. The second kappa shape index (κ2) is 4.04. The Hall–Kier alpha value is -1.36. The summed E-state index contributed by atoms with van der Waals surface area (Å²) in [7, 11) is 0. The number of carboxylic acid groups (broad SMARTS) is 1. The van der Waals surface area contributed by atoms with Crippen LogP contribution in [0.5, 0.6) is 0 Å². The predicted octanol–water partition coefficient (Wildman–Crippen LogP) is -0.547. The summed E-state index contributed by atoms with van der Waals surface area (Å²) in [6.45, 7) is 4.01. The van der Waals surface area contributed by atoms with Gasteiger partial charge in [-0.15, -0.1) is 0 Å². The molecular formula is C8H12N2O3. The van der Waals surface area contributed by atoms with E-state index < -0.39 is 5.97 Å². The van der Waals surface area contributed by atoms with Crippen molar-refractivity contribution < 1.29 is 14.7 Å². The molecular weight excluding hydrogens is 172 g/mol. The first-order valence-corrected chi connectivity index (χ1v) is 4.07. The Labute approximate surface area is 75.8 Å². The second-order valence-electron chi connectivity index (χ2n) is 2.92. The van der Waals surface area contributed by atoms with Gasteiger partial charge in [0.1, 0.15) is 5.70 Å². The standard InChI is InChI=1S/C8H12N2O3/c1-5(8(12)13)10-7(11)6-3-2-4-9-6/h6,9H,1-4H2,(H,10,11)(H,12,13)/t6-/m0/s1. The third kappa shape index (κ3) is 2.55. The van der Waals surface area contributed by atoms with E-state index in [9.17, 15) is 9.59 Å². The summed E-state index contributed by atoms with van der Waals surface area (Å²) in [6, 6.07) is -0.268. The van der Waals surface area contributed by atoms with E-state index in [-0.39, 0.29) is 17.6 Å². The van der Waals surface area contributed by atoms with Crippen molar-refractivity contribution in [2.75, 3.05) is 6.54 Å². The number of nitrogens with one attached hydrogen (secondary N) is 2. The molecule has 1 atom stereocenters. The summed E-state index contributed by atoms with van der Waals surface area (Å²) in [5.41, 5.74) is -0.279. The van der Waals surface area contributed by atoms with Gasteiger partial charge >= 0.3 is 5.97 Å². The molecule has 1 amide bonds. The van der Waals surface area contributed by atoms with E-state index in [1.54, 1.807) is 0 Å². The summed E-state index contributed by atoms with van der Waals surface area (Å²) in [4.78, 5) is 21.6. The number of rotatable bonds is 3. The van der Waals surface area contributed by atoms with Gasteiger partial charge in [0.25, 0.3) is 0 Å². The normalized spacial score (nSPS) is 21.1. The first-order valence-electron chi connectivity index (χ1n) is 4.07. The first-order chi connectivity index (χ1) is 6.11. The van der Waals surface area contributed by atoms with Gasteiger partial charge in [-0.05, 0) is 19.4 Å². The molecule has 0 aromatic heterocycles. The minimum Gasteiger partial charge on any atom is -0.477 e. The summed E-state index contributed by atoms with van der Waals surface area (Å²) in [5.74, 6) is -1.52. The fraction of sp³-hybridized carbons (Fsp3) is 0.500. The lowest BCUT2D eigenvalue weighted by atomic mass is 10.2. The molecule has 1 heterocycles. The van der Waals surface area contributed by atoms with E-state index in [4.69, 9.17) is 5.11 Å². The minimum absolute atomic E-state index is 0.268. The van der Waals surface area contributed by atoms with Crippen LogP contribution in [-0.2, 0) is 9.59 Å². The number of carbonyl (C=O) groups excluding carboxylic acids is 1. The van der Waals surface area contributed by atoms with Gasteiger partial charge in [0.15, 0.2) is 0 Å². The first kappa shape index (κ1) is 9.73. The Morgan fingerprint density at radius 2 is 2.23 bits per heavy atom. The Morgan fingerprint density at radius 3 is 2.69 bits per heavy atom. The molecule has 0 bridgehead atoms. The zero-order chi connectivity index (χ0) is 9.84. The van der Waals surface area contributed by atoms with Crippen LogP contribution in [0.25, 0.3) is 0 Å². The Morgan fingerprint density at radius 1 is 1.54 bits per heavy atom. The monoisotopic (exact) mass is 184 g/mol. The topological polar surface area (TPSA) is 78.4 Å². The third-order valence-corrected chi connectivity index (χ3v) is 1.91. The van der Waals surface area contributed by atoms with E-state index in [2.05, 4.69) is 17.2 Å². The molecule has 13 heavy (non-hydrogen) atoms. The highest BCUT2D eigenvalue weighted by atomic mass is 16.4. The number of carbonyl (C=O) groups is 2. The lowest BCUT2D eigenvalue weighted by Gasteiger charge is -2.09. The molecule has 0 aliphatic carbocycles. The van der Waals surface area contributed by atoms with Crippen molar-refractivity contribution >= 4 is 11.9 Å². The van der Waals surface area contributed by atoms with Gasteiger partial charge in [-0.1, -0.05) is 6.58 Å². The van der Waals surface area contributed by atoms with Gasteiger partial charge in [-0.25, -0.2) is 4.79 Å². The highest BCUT2D eigenvalue weighted by Gasteiger charge is 2.23. The molecule has 5 heteroatoms. The van der Waals surface area contributed by atoms with Crippen LogP contribution in [0, 0.1) is 0 Å². The summed E-state index contributed by atoms with van der Waals surface area (Å²) in [5, 5.41) is 13.6. The molecule has 72 valence electrons. The molecule has 1 rings (SSSR count). The van der Waals surface area contributed by atoms with Crippen LogP contribution in [0.4, 0.5) is 0 Å². The van der Waals surface area contributed by atoms with Crippen LogP contribution in [0.3, 0.4) is 0 Å². The molecule has 0 aromatic carbocycles. The van der Waals surface area contributed by atoms with E-state index >= 15 is 0 Å². The van der Waals surface area contributed by atoms with Crippen LogP contribution >= 0.6 is 0 Å². The van der Waals surface area contributed by atoms with E-state index in [0.717, 1.165) is 19.4 Å². The van der Waals surface area contributed by atoms with Gasteiger partial charge in [0.05, 0.1) is 6.04 Å². The van der Waals surface area contributed by atoms with Crippen molar-refractivity contribution in [2.24, 2.45) is 0 Å². The van der Waals surface area contributed by atoms with Crippen molar-refractivity contribution in [1.82, 2.24) is 10.6 Å². The maximum Gasteiger partial charge on any atom is 0.351 e. The zero-order valence-corrected chi connectivity index (χ0v) is 7.17. The molecule has 0 spiro atoms. The highest BCUT2D eigenvalue weighted by molar-refractivity contribution is 5.93. The lowest BCUT2D eigenvalue weighted by Crippen LogP contribution is -2.41. The fourth-order valence-corrected chi connectivity index (χ4v) is 1.20. The molecule has 0 saturated carbocycles. The van der Waals surface area contributed by atoms with Crippen molar-refractivity contribution in [3.05, 3.63) is 12.3 Å². The quantitative estimate of drug-likeness (QED) is 0.514. The number of hydrogen-bond donors (Lipinski definition) is 3. The number of aliphatic carboxylic acids is 1. The van der Waals surface area contributed by atoms with E-state index in [0.29, 0.717) is 0 Å². The molecule has 1 aliphatic heterocycles. The van der Waals surface area contributed by atoms with Crippen LogP contribution in [0.2, 0.25) is 0 Å². The number of amides is 1. The molecule has 1 saturated heterocycles. The Kier molecular flexibility index (Phi) is 3.02. The van der Waals surface area contributed by atoms with E-state index in [1.165, 1.54) is 0 Å². The summed E-state index contributed by atoms with van der Waals surface area (Å²) in [6.07, 6.45) is 1.69. The molecule has 0 aromatic rings. The predicted molar refractivity (Wildman–Crippen MR) is 45.9 cm³/mol. The Bertz CT molecular complexity index is 244. The van der Waals surface area contributed by atoms with E-state index in [1.807, 2.05) is 0 Å². The summed E-state index contributed by atoms with van der Waals surface area (Å²) < 4.78 is 0. The number of carboxylic acids is 1. The average Bonchev–Trinajstić information content (AvgIpc) is 2.55. The SMILES string of the molecule is C=C(NC(=O)[C@@H]1CCCN1)C(=O)O. The molecule has 0 unspecified atom stereocenters. The van der Waals surface area contributed by atoms with Crippen LogP contribution in [0.15, 0.2) is 12.3 Å². The molecule has 5 nitrogen and oxygen atoms in total. The average molecular weight is 184 g/mol. The number of hydrogen-bond acceptors (Lipinski definition) is 3. The molecule has 0 radical (unpaired) electrons. The van der Waals surface area contributed by atoms with Crippen molar-refractivity contribution in [1.29, 1.82) is 0 Å². The van der Waals surface area contributed by atoms with Gasteiger partial charge < -0.3 is 15.7 Å². The van der Waals surface area contributed by atoms with Crippen LogP contribution < -0.4 is 10.6 Å². The van der Waals surface area contributed by atoms with Crippen LogP contribution in [0.1, 0.15) is 12.8 Å². The Balaban J connectivity index is 2.40. The second-order valence-corrected chi connectivity index (χ2v) is 2.92. The van der Waals surface area contributed by atoms with Gasteiger partial charge in [-0.3, -0.25) is 4.79 Å². The van der Waals surface area contributed by atoms with Gasteiger partial charge in [0, 0.05) is 0 Å². The van der Waals surface area contributed by atoms with Crippen molar-refractivity contribution in [3.63, 3.8) is 0 Å². The molecule has 1 fully saturated rings. The fourth-order valence-electron chi connectivity index (χ4n) is 1.20. The third-order valence-electron chi connectivity index (χ3n) is 1.91. The van der Waals surface area contributed by atoms with Crippen molar-refractivity contribution in [3.8, 4) is 0 Å². The molecule has 1 aliphatic rings. The zero-order valence-electron chi connectivity index (χ0n) is 7.17. The highest BCUT2D eigenvalue weighted by Crippen LogP contribution is 2.04. The summed E-state index contributed by atoms with van der Waals surface area (Å²) >= 11 is 0. The van der Waals surface area contributed by atoms with Crippen LogP contribution in [-0.4, -0.2) is 29.6 Å². The van der Waals surface area contributed by atoms with Gasteiger partial charge in [-0.2, -0.15) is 0 Å². The lowest BCUT2D eigenvalue weighted by molar-refractivity contribution is -0.134. The maximum absolute atomic E-state index is 11.3. The van der Waals surface area contributed by atoms with Crippen molar-refractivity contribution in [2.45, 2.75) is 18.9 Å².